The molecular formula is C23H27N5. The molecule has 5 heteroatoms. The van der Waals surface area contributed by atoms with Gasteiger partial charge in [0.1, 0.15) is 0 Å². The molecular weight excluding hydrogens is 346 g/mol. The molecule has 2 saturated heterocycles. The van der Waals surface area contributed by atoms with Crippen molar-refractivity contribution in [1.29, 1.82) is 0 Å². The Balaban J connectivity index is 1.44. The summed E-state index contributed by atoms with van der Waals surface area (Å²) >= 11 is 0. The van der Waals surface area contributed by atoms with Gasteiger partial charge in [0.05, 0.1) is 11.4 Å². The third-order valence-electron chi connectivity index (χ3n) is 6.32. The van der Waals surface area contributed by atoms with Crippen molar-refractivity contribution < 1.29 is 0 Å². The maximum Gasteiger partial charge on any atom is 0.0988 e. The van der Waals surface area contributed by atoms with Gasteiger partial charge in [-0.15, -0.1) is 0 Å². The van der Waals surface area contributed by atoms with Crippen molar-refractivity contribution in [3.63, 3.8) is 0 Å². The Labute approximate surface area is 166 Å². The number of hydrogen-bond donors (Lipinski definition) is 1. The number of nitrogens with zero attached hydrogens (tertiary/aromatic N) is 4. The van der Waals surface area contributed by atoms with Crippen LogP contribution in [0.2, 0.25) is 0 Å². The van der Waals surface area contributed by atoms with Crippen LogP contribution in [0.5, 0.6) is 0 Å². The van der Waals surface area contributed by atoms with E-state index in [1.165, 1.54) is 51.0 Å². The summed E-state index contributed by atoms with van der Waals surface area (Å²) in [5.41, 5.74) is 5.03. The number of pyridine rings is 1. The van der Waals surface area contributed by atoms with Crippen LogP contribution < -0.4 is 5.32 Å². The maximum absolute atomic E-state index is 4.94. The van der Waals surface area contributed by atoms with Gasteiger partial charge in [-0.3, -0.25) is 9.88 Å². The maximum atomic E-state index is 4.94. The first kappa shape index (κ1) is 17.6. The van der Waals surface area contributed by atoms with Crippen LogP contribution >= 0.6 is 0 Å². The van der Waals surface area contributed by atoms with Gasteiger partial charge in [0.15, 0.2) is 0 Å². The Morgan fingerprint density at radius 1 is 1.00 bits per heavy atom. The van der Waals surface area contributed by atoms with E-state index in [1.807, 2.05) is 29.2 Å². The van der Waals surface area contributed by atoms with Gasteiger partial charge in [0.25, 0.3) is 0 Å². The molecule has 4 heterocycles. The molecule has 144 valence electrons. The van der Waals surface area contributed by atoms with Crippen LogP contribution in [0.3, 0.4) is 0 Å². The molecule has 0 amide bonds. The average molecular weight is 374 g/mol. The van der Waals surface area contributed by atoms with E-state index in [0.29, 0.717) is 5.41 Å². The summed E-state index contributed by atoms with van der Waals surface area (Å²) in [6.07, 6.45) is 9.87. The predicted octanol–water partition coefficient (Wildman–Crippen LogP) is 3.51. The number of nitrogens with one attached hydrogen (secondary N) is 1. The smallest absolute Gasteiger partial charge is 0.0988 e. The molecule has 5 nitrogen and oxygen atoms in total. The van der Waals surface area contributed by atoms with Gasteiger partial charge >= 0.3 is 0 Å². The lowest BCUT2D eigenvalue weighted by Gasteiger charge is -2.33. The minimum absolute atomic E-state index is 0.523. The summed E-state index contributed by atoms with van der Waals surface area (Å²) in [7, 11) is 0. The van der Waals surface area contributed by atoms with Crippen molar-refractivity contribution >= 4 is 0 Å². The Bertz CT molecular complexity index is 913. The number of likely N-dealkylation sites (tertiary alicyclic amines) is 1. The number of hydrogen-bond acceptors (Lipinski definition) is 4. The fourth-order valence-corrected chi connectivity index (χ4v) is 4.75. The molecule has 28 heavy (non-hydrogen) atoms. The molecule has 2 aromatic heterocycles. The van der Waals surface area contributed by atoms with E-state index < -0.39 is 0 Å². The van der Waals surface area contributed by atoms with Crippen LogP contribution in [0.1, 0.15) is 24.8 Å². The highest BCUT2D eigenvalue weighted by molar-refractivity contribution is 5.62. The molecule has 2 aliphatic heterocycles. The molecule has 0 unspecified atom stereocenters. The molecule has 0 radical (unpaired) electrons. The van der Waals surface area contributed by atoms with Crippen LogP contribution in [0.25, 0.3) is 16.9 Å². The quantitative estimate of drug-likeness (QED) is 0.760. The van der Waals surface area contributed by atoms with E-state index in [2.05, 4.69) is 51.7 Å². The predicted molar refractivity (Wildman–Crippen MR) is 111 cm³/mol. The molecule has 1 N–H and O–H groups in total. The molecule has 1 spiro atoms. The highest BCUT2D eigenvalue weighted by Gasteiger charge is 2.38. The second kappa shape index (κ2) is 7.49. The Morgan fingerprint density at radius 3 is 2.64 bits per heavy atom. The topological polar surface area (TPSA) is 46.0 Å². The van der Waals surface area contributed by atoms with E-state index >= 15 is 0 Å². The summed E-state index contributed by atoms with van der Waals surface area (Å²) in [5.74, 6) is 0. The van der Waals surface area contributed by atoms with Gasteiger partial charge < -0.3 is 5.32 Å². The first-order chi connectivity index (χ1) is 13.8. The second-order valence-electron chi connectivity index (χ2n) is 8.24. The van der Waals surface area contributed by atoms with Crippen molar-refractivity contribution in [3.05, 3.63) is 66.6 Å². The Kier molecular flexibility index (Phi) is 4.71. The zero-order valence-electron chi connectivity index (χ0n) is 16.2. The number of piperidine rings is 1. The molecule has 2 fully saturated rings. The van der Waals surface area contributed by atoms with E-state index in [9.17, 15) is 0 Å². The molecule has 0 atom stereocenters. The van der Waals surface area contributed by atoms with Crippen LogP contribution in [0, 0.1) is 5.41 Å². The van der Waals surface area contributed by atoms with E-state index in [1.54, 1.807) is 0 Å². The molecule has 1 aromatic carbocycles. The highest BCUT2D eigenvalue weighted by Crippen LogP contribution is 2.39. The van der Waals surface area contributed by atoms with Gasteiger partial charge in [-0.25, -0.2) is 4.68 Å². The summed E-state index contributed by atoms with van der Waals surface area (Å²) in [4.78, 5) is 6.94. The molecule has 0 bridgehead atoms. The standard InChI is InChI=1S/C23H27N5/c1-2-6-21(7-3-1)28-17-20(22(26-28)19-5-4-11-25-15-19)16-27-14-10-23(18-27)8-12-24-13-9-23/h1-7,11,15,17,24H,8-10,12-14,16,18H2. The van der Waals surface area contributed by atoms with Crippen molar-refractivity contribution in [2.24, 2.45) is 5.41 Å². The minimum Gasteiger partial charge on any atom is -0.317 e. The van der Waals surface area contributed by atoms with E-state index in [4.69, 9.17) is 5.10 Å². The molecule has 0 saturated carbocycles. The van der Waals surface area contributed by atoms with Crippen molar-refractivity contribution in [1.82, 2.24) is 25.0 Å². The van der Waals surface area contributed by atoms with Gasteiger partial charge in [-0.05, 0) is 68.6 Å². The van der Waals surface area contributed by atoms with Crippen LogP contribution in [-0.2, 0) is 6.54 Å². The Morgan fingerprint density at radius 2 is 1.86 bits per heavy atom. The van der Waals surface area contributed by atoms with Gasteiger partial charge in [0, 0.05) is 42.8 Å². The monoisotopic (exact) mass is 373 g/mol. The van der Waals surface area contributed by atoms with Crippen molar-refractivity contribution in [2.75, 3.05) is 26.2 Å². The lowest BCUT2D eigenvalue weighted by Crippen LogP contribution is -2.38. The number of benzene rings is 1. The largest absolute Gasteiger partial charge is 0.317 e. The lowest BCUT2D eigenvalue weighted by molar-refractivity contribution is 0.194. The summed E-state index contributed by atoms with van der Waals surface area (Å²) < 4.78 is 2.01. The zero-order valence-corrected chi connectivity index (χ0v) is 16.2. The third-order valence-corrected chi connectivity index (χ3v) is 6.32. The zero-order chi connectivity index (χ0) is 18.8. The van der Waals surface area contributed by atoms with Crippen molar-refractivity contribution in [3.8, 4) is 16.9 Å². The molecule has 5 rings (SSSR count). The molecule has 0 aliphatic carbocycles. The second-order valence-corrected chi connectivity index (χ2v) is 8.24. The first-order valence-corrected chi connectivity index (χ1v) is 10.3. The summed E-state index contributed by atoms with van der Waals surface area (Å²) in [6.45, 7) is 5.67. The fraction of sp³-hybridized carbons (Fsp3) is 0.391. The summed E-state index contributed by atoms with van der Waals surface area (Å²) in [6, 6.07) is 14.4. The first-order valence-electron chi connectivity index (χ1n) is 10.3. The van der Waals surface area contributed by atoms with Crippen LogP contribution in [-0.4, -0.2) is 45.8 Å². The van der Waals surface area contributed by atoms with Gasteiger partial charge in [0.2, 0.25) is 0 Å². The fourth-order valence-electron chi connectivity index (χ4n) is 4.75. The van der Waals surface area contributed by atoms with E-state index in [0.717, 1.165) is 23.5 Å². The minimum atomic E-state index is 0.523. The Hall–Kier alpha value is -2.50. The van der Waals surface area contributed by atoms with E-state index in [-0.39, 0.29) is 0 Å². The number of para-hydroxylation sites is 1. The van der Waals surface area contributed by atoms with Gasteiger partial charge in [-0.2, -0.15) is 5.10 Å². The van der Waals surface area contributed by atoms with Crippen LogP contribution in [0.4, 0.5) is 0 Å². The normalized spacial score (nSPS) is 19.3. The lowest BCUT2D eigenvalue weighted by atomic mass is 9.78. The SMILES string of the molecule is c1ccc(-n2cc(CN3CCC4(CCNCC4)C3)c(-c3cccnc3)n2)cc1. The third kappa shape index (κ3) is 3.48. The number of aromatic nitrogens is 3. The highest BCUT2D eigenvalue weighted by atomic mass is 15.3. The summed E-state index contributed by atoms with van der Waals surface area (Å²) in [5, 5.41) is 8.45. The van der Waals surface area contributed by atoms with Crippen LogP contribution in [0.15, 0.2) is 61.1 Å². The number of rotatable bonds is 4. The van der Waals surface area contributed by atoms with Crippen molar-refractivity contribution in [2.45, 2.75) is 25.8 Å². The van der Waals surface area contributed by atoms with Gasteiger partial charge in [-0.1, -0.05) is 18.2 Å². The molecule has 3 aromatic rings. The molecule has 2 aliphatic rings. The average Bonchev–Trinajstić information content (AvgIpc) is 3.35.